The smallest absolute Gasteiger partial charge is 0.150 e. The molecule has 0 fully saturated rings. The maximum Gasteiger partial charge on any atom is 0.150 e. The van der Waals surface area contributed by atoms with Crippen molar-refractivity contribution in [3.8, 4) is 5.75 Å². The lowest BCUT2D eigenvalue weighted by atomic mass is 9.88. The Bertz CT molecular complexity index is 427. The maximum absolute atomic E-state index is 11.0. The van der Waals surface area contributed by atoms with Crippen LogP contribution in [0.15, 0.2) is 6.07 Å². The van der Waals surface area contributed by atoms with Crippen LogP contribution in [0.4, 0.5) is 0 Å². The Morgan fingerprint density at radius 2 is 2.18 bits per heavy atom. The molecule has 0 bridgehead atoms. The zero-order valence-corrected chi connectivity index (χ0v) is 10.7. The van der Waals surface area contributed by atoms with Gasteiger partial charge in [0.25, 0.3) is 0 Å². The van der Waals surface area contributed by atoms with Crippen molar-refractivity contribution in [3.63, 3.8) is 0 Å². The Labute approximate surface area is 104 Å². The first-order valence-electron chi connectivity index (χ1n) is 6.51. The molecule has 0 spiro atoms. The molecule has 17 heavy (non-hydrogen) atoms. The van der Waals surface area contributed by atoms with E-state index in [1.54, 1.807) is 0 Å². The second-order valence-electron chi connectivity index (χ2n) is 4.74. The Morgan fingerprint density at radius 1 is 1.41 bits per heavy atom. The van der Waals surface area contributed by atoms with Gasteiger partial charge >= 0.3 is 0 Å². The molecule has 2 nitrogen and oxygen atoms in total. The van der Waals surface area contributed by atoms with E-state index in [2.05, 4.69) is 6.92 Å². The summed E-state index contributed by atoms with van der Waals surface area (Å²) in [4.78, 5) is 11.0. The van der Waals surface area contributed by atoms with E-state index >= 15 is 0 Å². The van der Waals surface area contributed by atoms with Crippen LogP contribution < -0.4 is 10.2 Å². The third kappa shape index (κ3) is 2.38. The van der Waals surface area contributed by atoms with Gasteiger partial charge in [0, 0.05) is 5.56 Å². The second kappa shape index (κ2) is 5.39. The molecule has 0 saturated heterocycles. The molecule has 0 heterocycles. The van der Waals surface area contributed by atoms with Gasteiger partial charge in [0.05, 0.1) is 6.61 Å². The Hall–Kier alpha value is -1.25. The number of rotatable bonds is 5. The van der Waals surface area contributed by atoms with E-state index in [1.165, 1.54) is 11.1 Å². The summed E-state index contributed by atoms with van der Waals surface area (Å²) in [6.45, 7) is 2.94. The maximum atomic E-state index is 11.0. The van der Waals surface area contributed by atoms with E-state index in [4.69, 9.17) is 4.74 Å². The van der Waals surface area contributed by atoms with Gasteiger partial charge in [-0.15, -0.1) is 0 Å². The van der Waals surface area contributed by atoms with Crippen molar-refractivity contribution in [2.75, 3.05) is 6.61 Å². The van der Waals surface area contributed by atoms with Crippen molar-refractivity contribution in [1.82, 2.24) is 0 Å². The van der Waals surface area contributed by atoms with E-state index in [-0.39, 0.29) is 0 Å². The predicted molar refractivity (Wildman–Crippen MR) is 72.4 cm³/mol. The summed E-state index contributed by atoms with van der Waals surface area (Å²) in [5.74, 6) is 1.04. The fourth-order valence-electron chi connectivity index (χ4n) is 2.56. The highest BCUT2D eigenvalue weighted by atomic mass is 16.5. The number of hydrogen-bond donors (Lipinski definition) is 0. The normalized spacial score (nSPS) is 13.5. The average molecular weight is 230 g/mol. The largest absolute Gasteiger partial charge is 0.494 e. The summed E-state index contributed by atoms with van der Waals surface area (Å²) in [5, 5.41) is 0. The van der Waals surface area contributed by atoms with E-state index in [0.717, 1.165) is 61.8 Å². The van der Waals surface area contributed by atoms with Gasteiger partial charge in [-0.1, -0.05) is 19.4 Å². The van der Waals surface area contributed by atoms with E-state index in [1.807, 2.05) is 13.9 Å². The third-order valence-electron chi connectivity index (χ3n) is 3.44. The van der Waals surface area contributed by atoms with Crippen molar-refractivity contribution in [2.24, 2.45) is 0 Å². The average Bonchev–Trinajstić information content (AvgIpc) is 2.80. The summed E-state index contributed by atoms with van der Waals surface area (Å²) in [6.07, 6.45) is 6.43. The van der Waals surface area contributed by atoms with Crippen LogP contribution in [0.2, 0.25) is 0 Å². The number of hydrogen-bond acceptors (Lipinski definition) is 2. The zero-order valence-electron chi connectivity index (χ0n) is 10.7. The van der Waals surface area contributed by atoms with Gasteiger partial charge in [-0.25, -0.2) is 0 Å². The predicted octanol–water partition coefficient (Wildman–Crippen LogP) is 1.43. The molecule has 1 aromatic rings. The van der Waals surface area contributed by atoms with Crippen molar-refractivity contribution < 1.29 is 9.53 Å². The first kappa shape index (κ1) is 12.2. The molecule has 0 radical (unpaired) electrons. The molecule has 0 aliphatic heterocycles. The number of carbonyl (C=O) groups is 1. The highest BCUT2D eigenvalue weighted by molar-refractivity contribution is 6.34. The lowest BCUT2D eigenvalue weighted by Crippen LogP contribution is -2.15. The monoisotopic (exact) mass is 230 g/mol. The van der Waals surface area contributed by atoms with Crippen LogP contribution in [0.25, 0.3) is 0 Å². The van der Waals surface area contributed by atoms with Crippen LogP contribution in [0, 0.1) is 0 Å². The van der Waals surface area contributed by atoms with Crippen molar-refractivity contribution in [2.45, 2.75) is 39.0 Å². The topological polar surface area (TPSA) is 26.3 Å². The lowest BCUT2D eigenvalue weighted by Gasteiger charge is -2.15. The fraction of sp³-hybridized carbons (Fsp3) is 0.500. The zero-order chi connectivity index (χ0) is 12.3. The Morgan fingerprint density at radius 3 is 2.88 bits per heavy atom. The molecule has 0 unspecified atom stereocenters. The van der Waals surface area contributed by atoms with Crippen LogP contribution in [-0.4, -0.2) is 20.7 Å². The fourth-order valence-corrected chi connectivity index (χ4v) is 2.56. The van der Waals surface area contributed by atoms with Crippen molar-refractivity contribution in [1.29, 1.82) is 0 Å². The van der Waals surface area contributed by atoms with Gasteiger partial charge in [0.15, 0.2) is 0 Å². The molecule has 0 atom stereocenters. The van der Waals surface area contributed by atoms with Crippen molar-refractivity contribution >= 4 is 19.6 Å². The molecule has 1 aliphatic rings. The second-order valence-corrected chi connectivity index (χ2v) is 4.74. The standard InChI is InChI=1S/C14H19BO2/c1-2-3-7-17-14-12-6-4-5-11(12)10(9-16)8-13(14)15/h8-9H,2-7,15H2,1H3. The third-order valence-corrected chi connectivity index (χ3v) is 3.44. The number of benzene rings is 1. The number of unbranched alkanes of at least 4 members (excludes halogenated alkanes) is 1. The molecule has 1 aliphatic carbocycles. The number of fused-ring (bicyclic) bond motifs is 1. The van der Waals surface area contributed by atoms with Gasteiger partial charge in [-0.05, 0) is 42.3 Å². The molecule has 90 valence electrons. The lowest BCUT2D eigenvalue weighted by molar-refractivity contribution is 0.112. The number of carbonyl (C=O) groups excluding carboxylic acids is 1. The van der Waals surface area contributed by atoms with E-state index < -0.39 is 0 Å². The molecule has 0 N–H and O–H groups in total. The van der Waals surface area contributed by atoms with E-state index in [0.29, 0.717) is 0 Å². The molecular formula is C14H19BO2. The molecule has 1 aromatic carbocycles. The summed E-state index contributed by atoms with van der Waals surface area (Å²) in [7, 11) is 2.03. The van der Waals surface area contributed by atoms with Crippen LogP contribution in [-0.2, 0) is 12.8 Å². The van der Waals surface area contributed by atoms with Crippen LogP contribution in [0.5, 0.6) is 5.75 Å². The highest BCUT2D eigenvalue weighted by Gasteiger charge is 2.21. The summed E-state index contributed by atoms with van der Waals surface area (Å²) >= 11 is 0. The highest BCUT2D eigenvalue weighted by Crippen LogP contribution is 2.31. The van der Waals surface area contributed by atoms with Gasteiger partial charge in [0.1, 0.15) is 19.9 Å². The number of ether oxygens (including phenoxy) is 1. The Kier molecular flexibility index (Phi) is 3.87. The van der Waals surface area contributed by atoms with Gasteiger partial charge in [-0.3, -0.25) is 4.79 Å². The molecule has 0 amide bonds. The minimum absolute atomic E-state index is 0.782. The summed E-state index contributed by atoms with van der Waals surface area (Å²) in [6, 6.07) is 1.97. The first-order chi connectivity index (χ1) is 8.27. The SMILES string of the molecule is Bc1cc(C=O)c2c(c1OCCCC)CCC2. The Balaban J connectivity index is 2.32. The van der Waals surface area contributed by atoms with Gasteiger partial charge < -0.3 is 4.74 Å². The summed E-state index contributed by atoms with van der Waals surface area (Å²) in [5.41, 5.74) is 4.46. The summed E-state index contributed by atoms with van der Waals surface area (Å²) < 4.78 is 5.90. The molecule has 3 heteroatoms. The first-order valence-corrected chi connectivity index (χ1v) is 6.51. The van der Waals surface area contributed by atoms with Gasteiger partial charge in [0.2, 0.25) is 0 Å². The molecule has 0 aromatic heterocycles. The molecule has 0 saturated carbocycles. The number of aldehydes is 1. The van der Waals surface area contributed by atoms with E-state index in [9.17, 15) is 4.79 Å². The molecule has 2 rings (SSSR count). The quantitative estimate of drug-likeness (QED) is 0.434. The molecular weight excluding hydrogens is 211 g/mol. The minimum atomic E-state index is 0.782. The van der Waals surface area contributed by atoms with Crippen LogP contribution >= 0.6 is 0 Å². The van der Waals surface area contributed by atoms with Crippen LogP contribution in [0.3, 0.4) is 0 Å². The van der Waals surface area contributed by atoms with Gasteiger partial charge in [-0.2, -0.15) is 0 Å². The van der Waals surface area contributed by atoms with Crippen LogP contribution in [0.1, 0.15) is 47.7 Å². The minimum Gasteiger partial charge on any atom is -0.494 e. The van der Waals surface area contributed by atoms with Crippen molar-refractivity contribution in [3.05, 3.63) is 22.8 Å².